The Hall–Kier alpha value is -1.26. The molecule has 1 aromatic rings. The van der Waals surface area contributed by atoms with E-state index in [1.165, 1.54) is 7.11 Å². The van der Waals surface area contributed by atoms with Crippen molar-refractivity contribution in [2.24, 2.45) is 5.73 Å². The fraction of sp³-hybridized carbons (Fsp3) is 0.400. The third-order valence-electron chi connectivity index (χ3n) is 1.98. The van der Waals surface area contributed by atoms with E-state index < -0.39 is 0 Å². The average Bonchev–Trinajstić information content (AvgIpc) is 2.20. The number of rotatable bonds is 4. The lowest BCUT2D eigenvalue weighted by Gasteiger charge is -2.10. The summed E-state index contributed by atoms with van der Waals surface area (Å²) in [7, 11) is 1.49. The number of ether oxygens (including phenoxy) is 1. The fourth-order valence-electron chi connectivity index (χ4n) is 1.22. The van der Waals surface area contributed by atoms with Crippen molar-refractivity contribution in [3.63, 3.8) is 0 Å². The van der Waals surface area contributed by atoms with E-state index in [1.54, 1.807) is 18.2 Å². The van der Waals surface area contributed by atoms with Gasteiger partial charge in [0.15, 0.2) is 11.5 Å². The lowest BCUT2D eigenvalue weighted by molar-refractivity contribution is 0.265. The molecule has 0 aromatic heterocycles. The van der Waals surface area contributed by atoms with Crippen LogP contribution >= 0.6 is 0 Å². The number of methoxy groups -OCH3 is 1. The summed E-state index contributed by atoms with van der Waals surface area (Å²) >= 11 is 0. The second-order valence-electron chi connectivity index (χ2n) is 3.15. The van der Waals surface area contributed by atoms with Gasteiger partial charge in [0.25, 0.3) is 0 Å². The molecule has 0 bridgehead atoms. The predicted molar refractivity (Wildman–Crippen MR) is 53.4 cm³/mol. The van der Waals surface area contributed by atoms with Gasteiger partial charge in [0.1, 0.15) is 0 Å². The van der Waals surface area contributed by atoms with Gasteiger partial charge in [-0.05, 0) is 24.1 Å². The van der Waals surface area contributed by atoms with Crippen LogP contribution in [0.1, 0.15) is 5.56 Å². The van der Waals surface area contributed by atoms with Crippen molar-refractivity contribution >= 4 is 0 Å². The lowest BCUT2D eigenvalue weighted by atomic mass is 10.1. The van der Waals surface area contributed by atoms with Gasteiger partial charge >= 0.3 is 0 Å². The van der Waals surface area contributed by atoms with Gasteiger partial charge in [-0.25, -0.2) is 0 Å². The molecule has 0 heterocycles. The number of phenolic OH excluding ortho intramolecular Hbond substituents is 1. The molecule has 1 aromatic carbocycles. The van der Waals surface area contributed by atoms with Gasteiger partial charge in [-0.1, -0.05) is 6.07 Å². The summed E-state index contributed by atoms with van der Waals surface area (Å²) in [5.41, 5.74) is 6.51. The van der Waals surface area contributed by atoms with Crippen LogP contribution < -0.4 is 10.5 Å². The minimum absolute atomic E-state index is 0.0524. The van der Waals surface area contributed by atoms with E-state index in [9.17, 15) is 5.11 Å². The van der Waals surface area contributed by atoms with E-state index in [1.807, 2.05) is 0 Å². The van der Waals surface area contributed by atoms with Crippen LogP contribution in [0.2, 0.25) is 0 Å². The maximum Gasteiger partial charge on any atom is 0.160 e. The topological polar surface area (TPSA) is 75.7 Å². The lowest BCUT2D eigenvalue weighted by Crippen LogP contribution is -2.26. The van der Waals surface area contributed by atoms with Crippen molar-refractivity contribution in [3.05, 3.63) is 23.8 Å². The molecule has 14 heavy (non-hydrogen) atoms. The molecule has 0 amide bonds. The highest BCUT2D eigenvalue weighted by Gasteiger charge is 2.06. The van der Waals surface area contributed by atoms with Crippen molar-refractivity contribution in [2.45, 2.75) is 12.5 Å². The Morgan fingerprint density at radius 1 is 1.50 bits per heavy atom. The minimum Gasteiger partial charge on any atom is -0.504 e. The molecule has 78 valence electrons. The van der Waals surface area contributed by atoms with E-state index in [-0.39, 0.29) is 18.4 Å². The molecule has 4 nitrogen and oxygen atoms in total. The fourth-order valence-corrected chi connectivity index (χ4v) is 1.22. The maximum atomic E-state index is 9.32. The van der Waals surface area contributed by atoms with Crippen LogP contribution in [0.15, 0.2) is 18.2 Å². The third kappa shape index (κ3) is 2.61. The SMILES string of the molecule is COc1cc(CC(N)CO)ccc1O. The van der Waals surface area contributed by atoms with Crippen LogP contribution in [0.3, 0.4) is 0 Å². The molecule has 4 N–H and O–H groups in total. The van der Waals surface area contributed by atoms with Gasteiger partial charge in [-0.15, -0.1) is 0 Å². The maximum absolute atomic E-state index is 9.32. The molecule has 1 atom stereocenters. The van der Waals surface area contributed by atoms with Gasteiger partial charge in [-0.3, -0.25) is 0 Å². The molecule has 0 radical (unpaired) electrons. The molecule has 0 aliphatic rings. The molecular formula is C10H15NO3. The Morgan fingerprint density at radius 3 is 2.79 bits per heavy atom. The zero-order valence-corrected chi connectivity index (χ0v) is 8.10. The second-order valence-corrected chi connectivity index (χ2v) is 3.15. The van der Waals surface area contributed by atoms with Crippen LogP contribution in [0, 0.1) is 0 Å². The molecule has 0 spiro atoms. The smallest absolute Gasteiger partial charge is 0.160 e. The summed E-state index contributed by atoms with van der Waals surface area (Å²) in [5, 5.41) is 18.1. The quantitative estimate of drug-likeness (QED) is 0.647. The summed E-state index contributed by atoms with van der Waals surface area (Å²) < 4.78 is 4.95. The van der Waals surface area contributed by atoms with Crippen molar-refractivity contribution in [3.8, 4) is 11.5 Å². The highest BCUT2D eigenvalue weighted by Crippen LogP contribution is 2.26. The molecule has 4 heteroatoms. The van der Waals surface area contributed by atoms with Gasteiger partial charge in [0, 0.05) is 6.04 Å². The number of phenols is 1. The molecule has 1 unspecified atom stereocenters. The number of nitrogens with two attached hydrogens (primary N) is 1. The van der Waals surface area contributed by atoms with Crippen LogP contribution in [0.4, 0.5) is 0 Å². The van der Waals surface area contributed by atoms with E-state index in [0.29, 0.717) is 12.2 Å². The van der Waals surface area contributed by atoms with Crippen LogP contribution in [0.25, 0.3) is 0 Å². The summed E-state index contributed by atoms with van der Waals surface area (Å²) in [6.45, 7) is -0.0524. The summed E-state index contributed by atoms with van der Waals surface area (Å²) in [6, 6.07) is 4.75. The van der Waals surface area contributed by atoms with Crippen LogP contribution in [-0.2, 0) is 6.42 Å². The Balaban J connectivity index is 2.79. The van der Waals surface area contributed by atoms with Crippen molar-refractivity contribution < 1.29 is 14.9 Å². The Bertz CT molecular complexity index is 301. The van der Waals surface area contributed by atoms with Crippen molar-refractivity contribution in [1.82, 2.24) is 0 Å². The van der Waals surface area contributed by atoms with Gasteiger partial charge < -0.3 is 20.7 Å². The first-order valence-electron chi connectivity index (χ1n) is 4.39. The van der Waals surface area contributed by atoms with E-state index in [4.69, 9.17) is 15.6 Å². The highest BCUT2D eigenvalue weighted by molar-refractivity contribution is 5.41. The van der Waals surface area contributed by atoms with E-state index in [2.05, 4.69) is 0 Å². The Kier molecular flexibility index (Phi) is 3.73. The van der Waals surface area contributed by atoms with Crippen molar-refractivity contribution in [1.29, 1.82) is 0 Å². The number of hydrogen-bond donors (Lipinski definition) is 3. The first-order chi connectivity index (χ1) is 6.67. The summed E-state index contributed by atoms with van der Waals surface area (Å²) in [5.74, 6) is 0.529. The molecule has 0 aliphatic heterocycles. The second kappa shape index (κ2) is 4.83. The number of benzene rings is 1. The third-order valence-corrected chi connectivity index (χ3v) is 1.98. The van der Waals surface area contributed by atoms with Crippen molar-refractivity contribution in [2.75, 3.05) is 13.7 Å². The van der Waals surface area contributed by atoms with Gasteiger partial charge in [-0.2, -0.15) is 0 Å². The largest absolute Gasteiger partial charge is 0.504 e. The normalized spacial score (nSPS) is 12.5. The number of aliphatic hydroxyl groups is 1. The molecule has 0 fully saturated rings. The summed E-state index contributed by atoms with van der Waals surface area (Å²) in [6.07, 6.45) is 0.563. The monoisotopic (exact) mass is 197 g/mol. The molecular weight excluding hydrogens is 182 g/mol. The highest BCUT2D eigenvalue weighted by atomic mass is 16.5. The molecule has 0 aliphatic carbocycles. The number of aliphatic hydroxyl groups excluding tert-OH is 1. The molecule has 0 saturated heterocycles. The minimum atomic E-state index is -0.274. The van der Waals surface area contributed by atoms with Gasteiger partial charge in [0.2, 0.25) is 0 Å². The van der Waals surface area contributed by atoms with E-state index >= 15 is 0 Å². The molecule has 0 saturated carbocycles. The Labute approximate surface area is 82.9 Å². The molecule has 1 rings (SSSR count). The zero-order chi connectivity index (χ0) is 10.6. The van der Waals surface area contributed by atoms with Crippen LogP contribution in [0.5, 0.6) is 11.5 Å². The summed E-state index contributed by atoms with van der Waals surface area (Å²) in [4.78, 5) is 0. The number of aromatic hydroxyl groups is 1. The zero-order valence-electron chi connectivity index (χ0n) is 8.10. The average molecular weight is 197 g/mol. The predicted octanol–water partition coefficient (Wildman–Crippen LogP) is 0.263. The van der Waals surface area contributed by atoms with Gasteiger partial charge in [0.05, 0.1) is 13.7 Å². The standard InChI is InChI=1S/C10H15NO3/c1-14-10-5-7(2-3-9(10)13)4-8(11)6-12/h2-3,5,8,12-13H,4,6,11H2,1H3. The van der Waals surface area contributed by atoms with Crippen LogP contribution in [-0.4, -0.2) is 30.0 Å². The first-order valence-corrected chi connectivity index (χ1v) is 4.39. The Morgan fingerprint density at radius 2 is 2.21 bits per heavy atom. The number of hydrogen-bond acceptors (Lipinski definition) is 4. The van der Waals surface area contributed by atoms with E-state index in [0.717, 1.165) is 5.56 Å². The first kappa shape index (κ1) is 10.8.